The molecule has 2 rings (SSSR count). The molecule has 7 nitrogen and oxygen atoms in total. The minimum absolute atomic E-state index is 0.0947. The molecule has 1 amide bonds. The normalized spacial score (nSPS) is 12.8. The molecule has 0 radical (unpaired) electrons. The van der Waals surface area contributed by atoms with Crippen LogP contribution in [0.1, 0.15) is 61.8 Å². The summed E-state index contributed by atoms with van der Waals surface area (Å²) >= 11 is 0. The van der Waals surface area contributed by atoms with Gasteiger partial charge in [0, 0.05) is 5.69 Å². The van der Waals surface area contributed by atoms with Crippen molar-refractivity contribution in [2.75, 3.05) is 0 Å². The van der Waals surface area contributed by atoms with E-state index in [0.717, 1.165) is 0 Å². The zero-order valence-electron chi connectivity index (χ0n) is 14.6. The molecule has 130 valence electrons. The molecule has 0 spiro atoms. The number of fused-ring (bicyclic) bond motifs is 1. The number of aryl methyl sites for hydroxylation is 1. The number of aliphatic carboxylic acids is 1. The first-order valence-electron chi connectivity index (χ1n) is 8.01. The van der Waals surface area contributed by atoms with Crippen LogP contribution in [0.2, 0.25) is 0 Å². The molecule has 2 aromatic rings. The number of carboxylic acid groups (broad SMARTS) is 1. The van der Waals surface area contributed by atoms with Gasteiger partial charge in [-0.25, -0.2) is 9.78 Å². The quantitative estimate of drug-likeness (QED) is 0.842. The summed E-state index contributed by atoms with van der Waals surface area (Å²) in [5.74, 6) is -1.26. The molecule has 0 aliphatic rings. The number of carbonyl (C=O) groups excluding carboxylic acids is 1. The second-order valence-electron chi connectivity index (χ2n) is 6.69. The van der Waals surface area contributed by atoms with Gasteiger partial charge >= 0.3 is 5.97 Å². The van der Waals surface area contributed by atoms with Crippen LogP contribution in [0.3, 0.4) is 0 Å². The summed E-state index contributed by atoms with van der Waals surface area (Å²) in [6, 6.07) is 0.740. The van der Waals surface area contributed by atoms with Gasteiger partial charge in [0.25, 0.3) is 11.6 Å². The molecule has 2 N–H and O–H groups in total. The Labute approximate surface area is 140 Å². The van der Waals surface area contributed by atoms with Crippen molar-refractivity contribution in [1.82, 2.24) is 15.5 Å². The van der Waals surface area contributed by atoms with Gasteiger partial charge in [-0.3, -0.25) is 4.79 Å². The van der Waals surface area contributed by atoms with Crippen LogP contribution in [-0.2, 0) is 4.79 Å². The molecule has 0 fully saturated rings. The molecular weight excluding hydrogens is 310 g/mol. The number of nitrogens with zero attached hydrogens (tertiary/aromatic N) is 2. The standard InChI is InChI=1S/C17H23N3O4/c1-8(2)6-13(17(22)23)18-15(21)11-7-12(9(3)4)19-16-14(11)10(5)20-24-16/h7-9,13H,6H2,1-5H3,(H,18,21)(H,22,23). The highest BCUT2D eigenvalue weighted by molar-refractivity contribution is 6.07. The average molecular weight is 333 g/mol. The van der Waals surface area contributed by atoms with E-state index in [1.807, 2.05) is 27.7 Å². The summed E-state index contributed by atoms with van der Waals surface area (Å²) in [6.45, 7) is 9.46. The Morgan fingerprint density at radius 3 is 2.50 bits per heavy atom. The molecule has 0 saturated carbocycles. The van der Waals surface area contributed by atoms with Crippen LogP contribution >= 0.6 is 0 Å². The number of carbonyl (C=O) groups is 2. The maximum absolute atomic E-state index is 12.7. The Morgan fingerprint density at radius 2 is 1.96 bits per heavy atom. The second-order valence-corrected chi connectivity index (χ2v) is 6.69. The fourth-order valence-electron chi connectivity index (χ4n) is 2.52. The summed E-state index contributed by atoms with van der Waals surface area (Å²) in [5.41, 5.74) is 1.88. The van der Waals surface area contributed by atoms with E-state index in [9.17, 15) is 14.7 Å². The summed E-state index contributed by atoms with van der Waals surface area (Å²) in [7, 11) is 0. The smallest absolute Gasteiger partial charge is 0.326 e. The predicted molar refractivity (Wildman–Crippen MR) is 89.0 cm³/mol. The van der Waals surface area contributed by atoms with Crippen LogP contribution in [0.5, 0.6) is 0 Å². The van der Waals surface area contributed by atoms with Crippen molar-refractivity contribution in [1.29, 1.82) is 0 Å². The zero-order valence-corrected chi connectivity index (χ0v) is 14.6. The summed E-state index contributed by atoms with van der Waals surface area (Å²) < 4.78 is 5.19. The highest BCUT2D eigenvalue weighted by Gasteiger charge is 2.25. The monoisotopic (exact) mass is 333 g/mol. The Balaban J connectivity index is 2.44. The maximum atomic E-state index is 12.7. The van der Waals surface area contributed by atoms with E-state index in [4.69, 9.17) is 4.52 Å². The number of carboxylic acids is 1. The Bertz CT molecular complexity index is 765. The average Bonchev–Trinajstić information content (AvgIpc) is 2.86. The van der Waals surface area contributed by atoms with Crippen molar-refractivity contribution in [2.24, 2.45) is 5.92 Å². The molecule has 2 aromatic heterocycles. The minimum Gasteiger partial charge on any atom is -0.480 e. The van der Waals surface area contributed by atoms with Crippen LogP contribution < -0.4 is 5.32 Å². The molecule has 0 aromatic carbocycles. The van der Waals surface area contributed by atoms with Crippen molar-refractivity contribution in [3.63, 3.8) is 0 Å². The van der Waals surface area contributed by atoms with E-state index in [2.05, 4.69) is 15.5 Å². The van der Waals surface area contributed by atoms with Crippen LogP contribution in [0.15, 0.2) is 10.6 Å². The Morgan fingerprint density at radius 1 is 1.29 bits per heavy atom. The molecular formula is C17H23N3O4. The maximum Gasteiger partial charge on any atom is 0.326 e. The van der Waals surface area contributed by atoms with E-state index >= 15 is 0 Å². The Hall–Kier alpha value is -2.44. The van der Waals surface area contributed by atoms with Gasteiger partial charge < -0.3 is 14.9 Å². The molecule has 2 heterocycles. The topological polar surface area (TPSA) is 105 Å². The van der Waals surface area contributed by atoms with E-state index in [0.29, 0.717) is 34.5 Å². The van der Waals surface area contributed by atoms with Gasteiger partial charge in [0.05, 0.1) is 16.6 Å². The summed E-state index contributed by atoms with van der Waals surface area (Å²) in [4.78, 5) is 28.5. The lowest BCUT2D eigenvalue weighted by Gasteiger charge is -2.17. The van der Waals surface area contributed by atoms with Crippen molar-refractivity contribution >= 4 is 23.0 Å². The van der Waals surface area contributed by atoms with E-state index < -0.39 is 17.9 Å². The highest BCUT2D eigenvalue weighted by atomic mass is 16.5. The van der Waals surface area contributed by atoms with Crippen molar-refractivity contribution in [2.45, 2.75) is 53.0 Å². The third-order valence-electron chi connectivity index (χ3n) is 3.78. The molecule has 0 aliphatic heterocycles. The zero-order chi connectivity index (χ0) is 18.0. The molecule has 0 saturated heterocycles. The lowest BCUT2D eigenvalue weighted by Crippen LogP contribution is -2.41. The van der Waals surface area contributed by atoms with Gasteiger partial charge in [-0.1, -0.05) is 32.9 Å². The molecule has 1 unspecified atom stereocenters. The minimum atomic E-state index is -1.05. The van der Waals surface area contributed by atoms with Gasteiger partial charge in [0.15, 0.2) is 0 Å². The fraction of sp³-hybridized carbons (Fsp3) is 0.529. The Kier molecular flexibility index (Phi) is 5.21. The van der Waals surface area contributed by atoms with Crippen LogP contribution in [0.25, 0.3) is 11.1 Å². The highest BCUT2D eigenvalue weighted by Crippen LogP contribution is 2.25. The SMILES string of the molecule is Cc1noc2nc(C(C)C)cc(C(=O)NC(CC(C)C)C(=O)O)c12. The first-order valence-corrected chi connectivity index (χ1v) is 8.01. The summed E-state index contributed by atoms with van der Waals surface area (Å²) in [6.07, 6.45) is 0.356. The van der Waals surface area contributed by atoms with E-state index in [1.165, 1.54) is 0 Å². The van der Waals surface area contributed by atoms with Crippen LogP contribution in [-0.4, -0.2) is 33.2 Å². The number of aromatic nitrogens is 2. The third kappa shape index (κ3) is 3.72. The van der Waals surface area contributed by atoms with Gasteiger partial charge in [-0.15, -0.1) is 0 Å². The molecule has 1 atom stereocenters. The molecule has 24 heavy (non-hydrogen) atoms. The predicted octanol–water partition coefficient (Wildman–Crippen LogP) is 2.88. The van der Waals surface area contributed by atoms with Gasteiger partial charge in [-0.2, -0.15) is 0 Å². The lowest BCUT2D eigenvalue weighted by molar-refractivity contribution is -0.139. The van der Waals surface area contributed by atoms with Crippen molar-refractivity contribution in [3.8, 4) is 0 Å². The van der Waals surface area contributed by atoms with Gasteiger partial charge in [0.1, 0.15) is 6.04 Å². The van der Waals surface area contributed by atoms with Crippen molar-refractivity contribution < 1.29 is 19.2 Å². The van der Waals surface area contributed by atoms with Gasteiger partial charge in [0.2, 0.25) is 0 Å². The number of amides is 1. The number of rotatable bonds is 6. The van der Waals surface area contributed by atoms with E-state index in [-0.39, 0.29) is 11.8 Å². The fourth-order valence-corrected chi connectivity index (χ4v) is 2.52. The number of hydrogen-bond acceptors (Lipinski definition) is 5. The number of hydrogen-bond donors (Lipinski definition) is 2. The van der Waals surface area contributed by atoms with Crippen molar-refractivity contribution in [3.05, 3.63) is 23.0 Å². The first-order chi connectivity index (χ1) is 11.2. The lowest BCUT2D eigenvalue weighted by atomic mass is 10.0. The molecule has 0 bridgehead atoms. The third-order valence-corrected chi connectivity index (χ3v) is 3.78. The summed E-state index contributed by atoms with van der Waals surface area (Å²) in [5, 5.41) is 16.3. The second kappa shape index (κ2) is 6.98. The van der Waals surface area contributed by atoms with Crippen LogP contribution in [0.4, 0.5) is 0 Å². The number of pyridine rings is 1. The first kappa shape index (κ1) is 17.9. The van der Waals surface area contributed by atoms with Crippen LogP contribution in [0, 0.1) is 12.8 Å². The molecule has 7 heteroatoms. The largest absolute Gasteiger partial charge is 0.480 e. The molecule has 0 aliphatic carbocycles. The number of nitrogens with one attached hydrogen (secondary N) is 1. The van der Waals surface area contributed by atoms with E-state index in [1.54, 1.807) is 13.0 Å². The van der Waals surface area contributed by atoms with Gasteiger partial charge in [-0.05, 0) is 31.2 Å².